The topological polar surface area (TPSA) is 69.7 Å². The number of nitrogens with one attached hydrogen (secondary N) is 1. The first-order valence-electron chi connectivity index (χ1n) is 10.5. The second kappa shape index (κ2) is 10.4. The van der Waals surface area contributed by atoms with Crippen LogP contribution < -0.4 is 5.32 Å². The summed E-state index contributed by atoms with van der Waals surface area (Å²) in [6.45, 7) is 6.25. The van der Waals surface area contributed by atoms with Gasteiger partial charge in [0.05, 0.1) is 4.88 Å². The zero-order valence-electron chi connectivity index (χ0n) is 17.5. The van der Waals surface area contributed by atoms with Crippen LogP contribution >= 0.6 is 11.3 Å². The minimum Gasteiger partial charge on any atom is -0.341 e. The number of likely N-dealkylation sites (tertiary alicyclic amines) is 1. The number of carbonyl (C=O) groups excluding carboxylic acids is 3. The van der Waals surface area contributed by atoms with Crippen LogP contribution in [0.3, 0.4) is 0 Å². The first-order chi connectivity index (χ1) is 14.5. The predicted molar refractivity (Wildman–Crippen MR) is 119 cm³/mol. The minimum atomic E-state index is -0.575. The highest BCUT2D eigenvalue weighted by atomic mass is 32.1. The van der Waals surface area contributed by atoms with Crippen LogP contribution in [0.15, 0.2) is 47.8 Å². The van der Waals surface area contributed by atoms with Crippen molar-refractivity contribution in [1.82, 2.24) is 15.1 Å². The SMILES string of the molecule is CCN(CC)C(=O)[C@H](NC(=O)c1cccs1)C1CCN(C(=O)c2ccccc2)CC1. The van der Waals surface area contributed by atoms with Crippen molar-refractivity contribution in [2.45, 2.75) is 32.7 Å². The Bertz CT molecular complexity index is 842. The molecule has 1 aromatic carbocycles. The molecule has 0 bridgehead atoms. The standard InChI is InChI=1S/C23H29N3O3S/c1-3-25(4-2)23(29)20(24-21(27)19-11-8-16-30-19)17-12-14-26(15-13-17)22(28)18-9-6-5-7-10-18/h5-11,16-17,20H,3-4,12-15H2,1-2H3,(H,24,27)/t20-/m1/s1. The number of likely N-dealkylation sites (N-methyl/N-ethyl adjacent to an activating group) is 1. The van der Waals surface area contributed by atoms with Crippen molar-refractivity contribution in [3.05, 3.63) is 58.3 Å². The third-order valence-corrected chi connectivity index (χ3v) is 6.56. The number of piperidine rings is 1. The third kappa shape index (κ3) is 5.08. The summed E-state index contributed by atoms with van der Waals surface area (Å²) in [4.78, 5) is 42.8. The minimum absolute atomic E-state index is 0.00170. The fourth-order valence-corrected chi connectivity index (χ4v) is 4.56. The molecule has 0 spiro atoms. The maximum atomic E-state index is 13.2. The molecule has 1 atom stereocenters. The normalized spacial score (nSPS) is 15.5. The van der Waals surface area contributed by atoms with E-state index in [0.29, 0.717) is 49.5 Å². The molecule has 1 fully saturated rings. The Kier molecular flexibility index (Phi) is 7.63. The quantitative estimate of drug-likeness (QED) is 0.737. The van der Waals surface area contributed by atoms with Gasteiger partial charge in [0.25, 0.3) is 11.8 Å². The molecule has 6 nitrogen and oxygen atoms in total. The van der Waals surface area contributed by atoms with Gasteiger partial charge in [-0.3, -0.25) is 14.4 Å². The van der Waals surface area contributed by atoms with E-state index in [-0.39, 0.29) is 23.6 Å². The van der Waals surface area contributed by atoms with E-state index >= 15 is 0 Å². The van der Waals surface area contributed by atoms with Gasteiger partial charge in [-0.25, -0.2) is 0 Å². The number of benzene rings is 1. The number of nitrogens with zero attached hydrogens (tertiary/aromatic N) is 2. The summed E-state index contributed by atoms with van der Waals surface area (Å²) in [7, 11) is 0. The lowest BCUT2D eigenvalue weighted by molar-refractivity contribution is -0.134. The molecule has 0 radical (unpaired) electrons. The average molecular weight is 428 g/mol. The summed E-state index contributed by atoms with van der Waals surface area (Å²) in [5.74, 6) is -0.235. The van der Waals surface area contributed by atoms with E-state index in [4.69, 9.17) is 0 Å². The summed E-state index contributed by atoms with van der Waals surface area (Å²) in [6.07, 6.45) is 1.36. The number of rotatable bonds is 7. The van der Waals surface area contributed by atoms with Gasteiger partial charge in [0.15, 0.2) is 0 Å². The molecule has 3 amide bonds. The van der Waals surface area contributed by atoms with Gasteiger partial charge in [-0.15, -0.1) is 11.3 Å². The summed E-state index contributed by atoms with van der Waals surface area (Å²) < 4.78 is 0. The molecular formula is C23H29N3O3S. The smallest absolute Gasteiger partial charge is 0.262 e. The van der Waals surface area contributed by atoms with Crippen LogP contribution in [0.5, 0.6) is 0 Å². The maximum Gasteiger partial charge on any atom is 0.262 e. The second-order valence-electron chi connectivity index (χ2n) is 7.43. The average Bonchev–Trinajstić information content (AvgIpc) is 3.33. The van der Waals surface area contributed by atoms with Crippen LogP contribution in [0.25, 0.3) is 0 Å². The molecule has 0 saturated carbocycles. The van der Waals surface area contributed by atoms with E-state index in [2.05, 4.69) is 5.32 Å². The Morgan fingerprint density at radius 2 is 1.73 bits per heavy atom. The van der Waals surface area contributed by atoms with Gasteiger partial charge >= 0.3 is 0 Å². The number of thiophene rings is 1. The van der Waals surface area contributed by atoms with E-state index < -0.39 is 6.04 Å². The van der Waals surface area contributed by atoms with Crippen LogP contribution in [0.4, 0.5) is 0 Å². The number of carbonyl (C=O) groups is 3. The molecule has 1 aromatic heterocycles. The largest absolute Gasteiger partial charge is 0.341 e. The van der Waals surface area contributed by atoms with E-state index in [1.54, 1.807) is 11.0 Å². The molecule has 160 valence electrons. The van der Waals surface area contributed by atoms with Gasteiger partial charge in [0.2, 0.25) is 5.91 Å². The molecule has 3 rings (SSSR count). The van der Waals surface area contributed by atoms with Gasteiger partial charge < -0.3 is 15.1 Å². The van der Waals surface area contributed by atoms with Crippen molar-refractivity contribution in [3.8, 4) is 0 Å². The molecule has 1 N–H and O–H groups in total. The predicted octanol–water partition coefficient (Wildman–Crippen LogP) is 3.27. The van der Waals surface area contributed by atoms with Crippen LogP contribution in [0, 0.1) is 5.92 Å². The van der Waals surface area contributed by atoms with Crippen LogP contribution in [-0.2, 0) is 4.79 Å². The van der Waals surface area contributed by atoms with Crippen molar-refractivity contribution in [2.75, 3.05) is 26.2 Å². The van der Waals surface area contributed by atoms with Crippen molar-refractivity contribution in [1.29, 1.82) is 0 Å². The monoisotopic (exact) mass is 427 g/mol. The zero-order chi connectivity index (χ0) is 21.5. The molecule has 0 unspecified atom stereocenters. The fourth-order valence-electron chi connectivity index (χ4n) is 3.93. The van der Waals surface area contributed by atoms with E-state index in [1.807, 2.05) is 60.5 Å². The summed E-state index contributed by atoms with van der Waals surface area (Å²) in [5, 5.41) is 4.84. The molecule has 7 heteroatoms. The lowest BCUT2D eigenvalue weighted by Crippen LogP contribution is -2.54. The second-order valence-corrected chi connectivity index (χ2v) is 8.38. The maximum absolute atomic E-state index is 13.2. The Morgan fingerprint density at radius 1 is 1.07 bits per heavy atom. The molecule has 0 aliphatic carbocycles. The molecule has 2 aromatic rings. The molecule has 1 aliphatic heterocycles. The lowest BCUT2D eigenvalue weighted by Gasteiger charge is -2.37. The van der Waals surface area contributed by atoms with Crippen molar-refractivity contribution in [3.63, 3.8) is 0 Å². The van der Waals surface area contributed by atoms with E-state index in [9.17, 15) is 14.4 Å². The first kappa shape index (κ1) is 22.0. The van der Waals surface area contributed by atoms with Gasteiger partial charge in [-0.1, -0.05) is 24.3 Å². The number of amides is 3. The van der Waals surface area contributed by atoms with Crippen molar-refractivity contribution >= 4 is 29.1 Å². The first-order valence-corrected chi connectivity index (χ1v) is 11.4. The van der Waals surface area contributed by atoms with Crippen molar-refractivity contribution in [2.24, 2.45) is 5.92 Å². The summed E-state index contributed by atoms with van der Waals surface area (Å²) in [5.41, 5.74) is 0.678. The van der Waals surface area contributed by atoms with Gasteiger partial charge in [0.1, 0.15) is 6.04 Å². The highest BCUT2D eigenvalue weighted by molar-refractivity contribution is 7.12. The van der Waals surface area contributed by atoms with E-state index in [0.717, 1.165) is 0 Å². The Morgan fingerprint density at radius 3 is 2.30 bits per heavy atom. The Labute approximate surface area is 181 Å². The number of hydrogen-bond acceptors (Lipinski definition) is 4. The van der Waals surface area contributed by atoms with Crippen LogP contribution in [0.1, 0.15) is 46.7 Å². The van der Waals surface area contributed by atoms with Crippen molar-refractivity contribution < 1.29 is 14.4 Å². The molecule has 1 aliphatic rings. The Balaban J connectivity index is 1.70. The molecule has 30 heavy (non-hydrogen) atoms. The van der Waals surface area contributed by atoms with E-state index in [1.165, 1.54) is 11.3 Å². The van der Waals surface area contributed by atoms with Gasteiger partial charge in [-0.05, 0) is 56.2 Å². The van der Waals surface area contributed by atoms with Crippen LogP contribution in [0.2, 0.25) is 0 Å². The molecule has 1 saturated heterocycles. The number of hydrogen-bond donors (Lipinski definition) is 1. The summed E-state index contributed by atoms with van der Waals surface area (Å²) >= 11 is 1.36. The molecular weight excluding hydrogens is 398 g/mol. The van der Waals surface area contributed by atoms with Gasteiger partial charge in [-0.2, -0.15) is 0 Å². The zero-order valence-corrected chi connectivity index (χ0v) is 18.4. The highest BCUT2D eigenvalue weighted by Crippen LogP contribution is 2.24. The Hall–Kier alpha value is -2.67. The van der Waals surface area contributed by atoms with Crippen LogP contribution in [-0.4, -0.2) is 59.7 Å². The fraction of sp³-hybridized carbons (Fsp3) is 0.435. The third-order valence-electron chi connectivity index (χ3n) is 5.69. The van der Waals surface area contributed by atoms with Gasteiger partial charge in [0, 0.05) is 31.7 Å². The summed E-state index contributed by atoms with van der Waals surface area (Å²) in [6, 6.07) is 12.3. The molecule has 2 heterocycles. The lowest BCUT2D eigenvalue weighted by atomic mass is 9.88. The highest BCUT2D eigenvalue weighted by Gasteiger charge is 2.35.